The van der Waals surface area contributed by atoms with Gasteiger partial charge in [0.05, 0.1) is 12.4 Å². The molecule has 1 N–H and O–H groups in total. The Kier molecular flexibility index (Phi) is 5.26. The minimum atomic E-state index is -3.18. The maximum Gasteiger partial charge on any atom is 0.248 e. The van der Waals surface area contributed by atoms with Crippen molar-refractivity contribution in [3.8, 4) is 0 Å². The Bertz CT molecular complexity index is 445. The van der Waals surface area contributed by atoms with Crippen LogP contribution in [0.4, 0.5) is 8.78 Å². The summed E-state index contributed by atoms with van der Waals surface area (Å²) in [5, 5.41) is 10.3. The Morgan fingerprint density at radius 1 is 1.29 bits per heavy atom. The first-order valence-corrected chi connectivity index (χ1v) is 9.53. The second-order valence-corrected chi connectivity index (χ2v) is 8.61. The second-order valence-electron chi connectivity index (χ2n) is 6.63. The van der Waals surface area contributed by atoms with Crippen LogP contribution >= 0.6 is 0 Å². The molecule has 0 aromatic carbocycles. The molecule has 1 saturated heterocycles. The van der Waals surface area contributed by atoms with Gasteiger partial charge in [0, 0.05) is 25.9 Å². The van der Waals surface area contributed by atoms with E-state index in [1.54, 1.807) is 0 Å². The van der Waals surface area contributed by atoms with Gasteiger partial charge in [-0.1, -0.05) is 0 Å². The van der Waals surface area contributed by atoms with Crippen LogP contribution in [0.5, 0.6) is 0 Å². The molecule has 124 valence electrons. The van der Waals surface area contributed by atoms with Crippen molar-refractivity contribution < 1.29 is 22.3 Å². The highest BCUT2D eigenvalue weighted by Gasteiger charge is 2.38. The van der Waals surface area contributed by atoms with E-state index in [2.05, 4.69) is 0 Å². The van der Waals surface area contributed by atoms with Gasteiger partial charge in [-0.05, 0) is 43.9 Å². The molecule has 2 fully saturated rings. The van der Waals surface area contributed by atoms with E-state index in [1.165, 1.54) is 10.6 Å². The first-order chi connectivity index (χ1) is 9.67. The van der Waals surface area contributed by atoms with Crippen LogP contribution in [0.25, 0.3) is 0 Å². The number of alkyl halides is 2. The van der Waals surface area contributed by atoms with E-state index in [0.717, 1.165) is 12.8 Å². The molecule has 7 heteroatoms. The zero-order valence-corrected chi connectivity index (χ0v) is 13.3. The van der Waals surface area contributed by atoms with Gasteiger partial charge < -0.3 is 5.11 Å². The largest absolute Gasteiger partial charge is 0.393 e. The van der Waals surface area contributed by atoms with E-state index < -0.39 is 22.0 Å². The highest BCUT2D eigenvalue weighted by molar-refractivity contribution is 7.88. The molecule has 1 aliphatic heterocycles. The first-order valence-electron chi connectivity index (χ1n) is 7.68. The van der Waals surface area contributed by atoms with Crippen LogP contribution in [0.1, 0.15) is 44.9 Å². The van der Waals surface area contributed by atoms with Crippen molar-refractivity contribution in [2.75, 3.05) is 19.3 Å². The minimum Gasteiger partial charge on any atom is -0.393 e. The van der Waals surface area contributed by atoms with Crippen molar-refractivity contribution in [3.05, 3.63) is 0 Å². The van der Waals surface area contributed by atoms with Gasteiger partial charge in [0.15, 0.2) is 0 Å². The Balaban J connectivity index is 1.84. The maximum atomic E-state index is 13.1. The SMILES string of the molecule is CS(=O)(=O)N1CCCC(CC(O)C2CCC(F)(F)CC2)C1. The number of aliphatic hydroxyl groups excluding tert-OH is 1. The number of aliphatic hydroxyl groups is 1. The fourth-order valence-electron chi connectivity index (χ4n) is 3.50. The molecule has 0 aromatic heterocycles. The summed E-state index contributed by atoms with van der Waals surface area (Å²) in [6.07, 6.45) is 3.25. The van der Waals surface area contributed by atoms with E-state index in [-0.39, 0.29) is 24.7 Å². The third kappa shape index (κ3) is 4.86. The maximum absolute atomic E-state index is 13.1. The molecule has 4 nitrogen and oxygen atoms in total. The molecular weight excluding hydrogens is 300 g/mol. The summed E-state index contributed by atoms with van der Waals surface area (Å²) < 4.78 is 50.9. The molecule has 0 aromatic rings. The van der Waals surface area contributed by atoms with Crippen molar-refractivity contribution in [2.45, 2.75) is 57.0 Å². The molecule has 0 bridgehead atoms. The zero-order chi connectivity index (χ0) is 15.7. The number of nitrogens with zero attached hydrogens (tertiary/aromatic N) is 1. The summed E-state index contributed by atoms with van der Waals surface area (Å²) in [7, 11) is -3.18. The lowest BCUT2D eigenvalue weighted by Crippen LogP contribution is -2.41. The van der Waals surface area contributed by atoms with Crippen molar-refractivity contribution in [2.24, 2.45) is 11.8 Å². The van der Waals surface area contributed by atoms with Gasteiger partial charge >= 0.3 is 0 Å². The van der Waals surface area contributed by atoms with Gasteiger partial charge in [-0.25, -0.2) is 21.5 Å². The zero-order valence-electron chi connectivity index (χ0n) is 12.5. The van der Waals surface area contributed by atoms with Crippen molar-refractivity contribution in [3.63, 3.8) is 0 Å². The summed E-state index contributed by atoms with van der Waals surface area (Å²) in [4.78, 5) is 0. The van der Waals surface area contributed by atoms with E-state index in [1.807, 2.05) is 0 Å². The summed E-state index contributed by atoms with van der Waals surface area (Å²) in [5.41, 5.74) is 0. The van der Waals surface area contributed by atoms with Gasteiger partial charge in [0.2, 0.25) is 15.9 Å². The molecule has 2 aliphatic rings. The molecule has 2 unspecified atom stereocenters. The molecule has 21 heavy (non-hydrogen) atoms. The lowest BCUT2D eigenvalue weighted by molar-refractivity contribution is -0.0653. The molecule has 0 spiro atoms. The number of hydrogen-bond acceptors (Lipinski definition) is 3. The number of hydrogen-bond donors (Lipinski definition) is 1. The van der Waals surface area contributed by atoms with Crippen LogP contribution in [-0.2, 0) is 10.0 Å². The Morgan fingerprint density at radius 3 is 2.48 bits per heavy atom. The minimum absolute atomic E-state index is 0.0711. The molecule has 0 amide bonds. The Morgan fingerprint density at radius 2 is 1.90 bits per heavy atom. The van der Waals surface area contributed by atoms with Crippen LogP contribution in [0.3, 0.4) is 0 Å². The van der Waals surface area contributed by atoms with E-state index in [0.29, 0.717) is 32.4 Å². The third-order valence-electron chi connectivity index (χ3n) is 4.83. The van der Waals surface area contributed by atoms with Gasteiger partial charge in [0.25, 0.3) is 0 Å². The normalized spacial score (nSPS) is 30.2. The summed E-state index contributed by atoms with van der Waals surface area (Å²) in [5.74, 6) is -2.52. The average Bonchev–Trinajstić information content (AvgIpc) is 2.37. The smallest absolute Gasteiger partial charge is 0.248 e. The van der Waals surface area contributed by atoms with Crippen LogP contribution < -0.4 is 0 Å². The van der Waals surface area contributed by atoms with E-state index in [4.69, 9.17) is 0 Å². The van der Waals surface area contributed by atoms with E-state index in [9.17, 15) is 22.3 Å². The second kappa shape index (κ2) is 6.46. The van der Waals surface area contributed by atoms with Crippen molar-refractivity contribution in [1.82, 2.24) is 4.31 Å². The molecule has 2 atom stereocenters. The fourth-order valence-corrected chi connectivity index (χ4v) is 4.44. The lowest BCUT2D eigenvalue weighted by atomic mass is 9.79. The molecule has 1 aliphatic carbocycles. The predicted molar refractivity (Wildman–Crippen MR) is 76.7 cm³/mol. The van der Waals surface area contributed by atoms with Crippen molar-refractivity contribution in [1.29, 1.82) is 0 Å². The Labute approximate surface area is 125 Å². The molecule has 2 rings (SSSR count). The molecular formula is C14H25F2NO3S. The van der Waals surface area contributed by atoms with Gasteiger partial charge in [-0.3, -0.25) is 0 Å². The highest BCUT2D eigenvalue weighted by atomic mass is 32.2. The predicted octanol–water partition coefficient (Wildman–Crippen LogP) is 2.23. The van der Waals surface area contributed by atoms with Crippen molar-refractivity contribution >= 4 is 10.0 Å². The summed E-state index contributed by atoms with van der Waals surface area (Å²) in [6.45, 7) is 0.986. The van der Waals surface area contributed by atoms with Gasteiger partial charge in [-0.2, -0.15) is 0 Å². The van der Waals surface area contributed by atoms with E-state index >= 15 is 0 Å². The fraction of sp³-hybridized carbons (Fsp3) is 1.00. The quantitative estimate of drug-likeness (QED) is 0.862. The molecule has 1 heterocycles. The number of sulfonamides is 1. The highest BCUT2D eigenvalue weighted by Crippen LogP contribution is 2.39. The van der Waals surface area contributed by atoms with Gasteiger partial charge in [-0.15, -0.1) is 0 Å². The topological polar surface area (TPSA) is 57.6 Å². The van der Waals surface area contributed by atoms with Crippen LogP contribution in [0.2, 0.25) is 0 Å². The summed E-state index contributed by atoms with van der Waals surface area (Å²) >= 11 is 0. The van der Waals surface area contributed by atoms with Crippen LogP contribution in [0, 0.1) is 11.8 Å². The van der Waals surface area contributed by atoms with Gasteiger partial charge in [0.1, 0.15) is 0 Å². The molecule has 1 saturated carbocycles. The first kappa shape index (κ1) is 17.1. The number of rotatable bonds is 4. The monoisotopic (exact) mass is 325 g/mol. The molecule has 0 radical (unpaired) electrons. The standard InChI is InChI=1S/C14H25F2NO3S/c1-21(19,20)17-8-2-3-11(10-17)9-13(18)12-4-6-14(15,16)7-5-12/h11-13,18H,2-10H2,1H3. The van der Waals surface area contributed by atoms with Crippen LogP contribution in [0.15, 0.2) is 0 Å². The number of piperidine rings is 1. The third-order valence-corrected chi connectivity index (χ3v) is 6.10. The number of halogens is 2. The van der Waals surface area contributed by atoms with Crippen LogP contribution in [-0.4, -0.2) is 49.2 Å². The Hall–Kier alpha value is -0.270. The summed E-state index contributed by atoms with van der Waals surface area (Å²) in [6, 6.07) is 0. The lowest BCUT2D eigenvalue weighted by Gasteiger charge is -2.35. The average molecular weight is 325 g/mol.